The molecule has 1 unspecified atom stereocenters. The maximum absolute atomic E-state index is 14.0. The number of hydrogen-bond acceptors (Lipinski definition) is 11. The number of anilines is 2. The number of aromatic hydroxyl groups is 1. The van der Waals surface area contributed by atoms with Crippen LogP contribution < -0.4 is 20.7 Å². The maximum Gasteiger partial charge on any atom is 0.260 e. The van der Waals surface area contributed by atoms with Gasteiger partial charge >= 0.3 is 0 Å². The fraction of sp³-hybridized carbons (Fsp3) is 0.233. The van der Waals surface area contributed by atoms with Crippen LogP contribution in [0.4, 0.5) is 11.6 Å². The van der Waals surface area contributed by atoms with E-state index < -0.39 is 30.1 Å². The molecule has 3 aromatic heterocycles. The average Bonchev–Trinajstić information content (AvgIpc) is 3.67. The van der Waals surface area contributed by atoms with E-state index in [1.165, 1.54) is 35.0 Å². The van der Waals surface area contributed by atoms with Crippen LogP contribution in [0, 0.1) is 0 Å². The Kier molecular flexibility index (Phi) is 8.01. The van der Waals surface area contributed by atoms with Crippen LogP contribution in [0.15, 0.2) is 71.5 Å². The summed E-state index contributed by atoms with van der Waals surface area (Å²) in [6.45, 7) is -0.175. The number of methoxy groups -OCH3 is 1. The Morgan fingerprint density at radius 2 is 2.07 bits per heavy atom. The lowest BCUT2D eigenvalue weighted by Crippen LogP contribution is -2.63. The van der Waals surface area contributed by atoms with Crippen LogP contribution in [0.2, 0.25) is 5.02 Å². The number of para-hydroxylation sites is 1. The lowest BCUT2D eigenvalue weighted by Gasteiger charge is -2.40. The number of aliphatic hydroxyl groups is 1. The predicted octanol–water partition coefficient (Wildman–Crippen LogP) is 2.49. The molecule has 1 saturated heterocycles. The van der Waals surface area contributed by atoms with Crippen molar-refractivity contribution in [3.8, 4) is 17.3 Å². The number of phenols is 1. The Hall–Kier alpha value is -5.18. The summed E-state index contributed by atoms with van der Waals surface area (Å²) in [6.07, 6.45) is 1.52. The third-order valence-electron chi connectivity index (χ3n) is 7.47. The summed E-state index contributed by atoms with van der Waals surface area (Å²) in [5.41, 5.74) is 5.34. The van der Waals surface area contributed by atoms with E-state index in [9.17, 15) is 19.8 Å². The number of rotatable bonds is 9. The van der Waals surface area contributed by atoms with Crippen molar-refractivity contribution < 1.29 is 33.8 Å². The highest BCUT2D eigenvalue weighted by Crippen LogP contribution is 2.30. The van der Waals surface area contributed by atoms with Gasteiger partial charge in [-0.2, -0.15) is 0 Å². The highest BCUT2D eigenvalue weighted by molar-refractivity contribution is 6.32. The van der Waals surface area contributed by atoms with E-state index in [0.29, 0.717) is 38.9 Å². The molecule has 15 heteroatoms. The number of amides is 2. The molecule has 0 saturated carbocycles. The summed E-state index contributed by atoms with van der Waals surface area (Å²) in [5, 5.41) is 34.2. The molecule has 1 aliphatic rings. The second kappa shape index (κ2) is 12.1. The first-order valence-corrected chi connectivity index (χ1v) is 14.2. The van der Waals surface area contributed by atoms with Crippen molar-refractivity contribution in [2.75, 3.05) is 37.4 Å². The van der Waals surface area contributed by atoms with Crippen molar-refractivity contribution in [1.82, 2.24) is 25.2 Å². The minimum Gasteiger partial charge on any atom is -0.507 e. The van der Waals surface area contributed by atoms with E-state index in [1.54, 1.807) is 48.7 Å². The zero-order valence-electron chi connectivity index (χ0n) is 23.9. The van der Waals surface area contributed by atoms with E-state index in [0.717, 1.165) is 0 Å². The number of carbonyl (C=O) groups excluding carboxylic acids is 2. The number of aromatic nitrogens is 4. The Balaban J connectivity index is 1.30. The number of halogens is 1. The molecule has 0 aliphatic carbocycles. The van der Waals surface area contributed by atoms with Crippen LogP contribution in [0.25, 0.3) is 16.7 Å². The molecule has 4 heterocycles. The minimum atomic E-state index is -1.96. The Bertz CT molecular complexity index is 1890. The molecule has 14 nitrogen and oxygen atoms in total. The molecule has 1 fully saturated rings. The smallest absolute Gasteiger partial charge is 0.260 e. The van der Waals surface area contributed by atoms with Crippen LogP contribution >= 0.6 is 11.6 Å². The summed E-state index contributed by atoms with van der Waals surface area (Å²) in [6, 6.07) is 14.3. The van der Waals surface area contributed by atoms with Gasteiger partial charge in [0.05, 0.1) is 54.7 Å². The maximum atomic E-state index is 14.0. The predicted molar refractivity (Wildman–Crippen MR) is 163 cm³/mol. The van der Waals surface area contributed by atoms with E-state index in [2.05, 4.69) is 20.6 Å². The van der Waals surface area contributed by atoms with Gasteiger partial charge in [0.1, 0.15) is 11.4 Å². The van der Waals surface area contributed by atoms with Gasteiger partial charge in [-0.15, -0.1) is 5.10 Å². The van der Waals surface area contributed by atoms with Gasteiger partial charge in [-0.3, -0.25) is 14.5 Å². The van der Waals surface area contributed by atoms with Gasteiger partial charge in [-0.25, -0.2) is 9.67 Å². The van der Waals surface area contributed by atoms with Crippen molar-refractivity contribution in [2.24, 2.45) is 0 Å². The second-order valence-electron chi connectivity index (χ2n) is 10.4. The summed E-state index contributed by atoms with van der Waals surface area (Å²) in [7, 11) is 1.48. The number of nitrogens with one attached hydrogen (secondary N) is 1. The molecule has 232 valence electrons. The van der Waals surface area contributed by atoms with Crippen LogP contribution in [0.1, 0.15) is 15.9 Å². The number of carbonyl (C=O) groups is 2. The largest absolute Gasteiger partial charge is 0.507 e. The summed E-state index contributed by atoms with van der Waals surface area (Å²) >= 11 is 6.34. The van der Waals surface area contributed by atoms with Crippen molar-refractivity contribution in [3.63, 3.8) is 0 Å². The molecule has 2 amide bonds. The Labute approximate surface area is 260 Å². The first kappa shape index (κ1) is 29.9. The van der Waals surface area contributed by atoms with E-state index in [-0.39, 0.29) is 36.7 Å². The third kappa shape index (κ3) is 5.85. The number of hydrogen-bond donors (Lipinski definition) is 4. The van der Waals surface area contributed by atoms with Crippen molar-refractivity contribution in [3.05, 3.63) is 83.1 Å². The van der Waals surface area contributed by atoms with Crippen molar-refractivity contribution in [2.45, 2.75) is 18.1 Å². The van der Waals surface area contributed by atoms with Gasteiger partial charge in [-0.05, 0) is 29.8 Å². The third-order valence-corrected chi connectivity index (χ3v) is 7.76. The fourth-order valence-electron chi connectivity index (χ4n) is 5.19. The van der Waals surface area contributed by atoms with E-state index in [4.69, 9.17) is 31.3 Å². The molecule has 5 aromatic rings. The molecule has 6 rings (SSSR count). The number of nitrogen functional groups attached to an aromatic ring is 1. The molecule has 2 aromatic carbocycles. The summed E-state index contributed by atoms with van der Waals surface area (Å²) in [5.74, 6) is -0.613. The van der Waals surface area contributed by atoms with Crippen molar-refractivity contribution >= 4 is 46.0 Å². The van der Waals surface area contributed by atoms with E-state index >= 15 is 0 Å². The summed E-state index contributed by atoms with van der Waals surface area (Å²) < 4.78 is 17.9. The average molecular weight is 634 g/mol. The van der Waals surface area contributed by atoms with Gasteiger partial charge in [0, 0.05) is 24.8 Å². The number of nitrogens with zero attached hydrogens (tertiary/aromatic N) is 5. The molecular weight excluding hydrogens is 606 g/mol. The molecule has 0 spiro atoms. The SMILES string of the molecule is COc1cc(-n2ccc(N3CCO[C@H](C(O)(CNC(=O)c4ccccc4O)Cc4ccc5c(N)noc5c4)C3=O)n2)c(Cl)cn1. The van der Waals surface area contributed by atoms with Crippen LogP contribution in [0.5, 0.6) is 11.6 Å². The first-order chi connectivity index (χ1) is 21.7. The number of nitrogens with two attached hydrogens (primary N) is 1. The van der Waals surface area contributed by atoms with Crippen LogP contribution in [-0.2, 0) is 16.0 Å². The van der Waals surface area contributed by atoms with Gasteiger partial charge < -0.3 is 35.3 Å². The van der Waals surface area contributed by atoms with Crippen LogP contribution in [0.3, 0.4) is 0 Å². The highest BCUT2D eigenvalue weighted by atomic mass is 35.5. The highest BCUT2D eigenvalue weighted by Gasteiger charge is 2.47. The van der Waals surface area contributed by atoms with E-state index in [1.807, 2.05) is 0 Å². The zero-order valence-corrected chi connectivity index (χ0v) is 24.6. The minimum absolute atomic E-state index is 0.00728. The van der Waals surface area contributed by atoms with Gasteiger partial charge in [0.25, 0.3) is 11.8 Å². The Morgan fingerprint density at radius 1 is 1.24 bits per heavy atom. The van der Waals surface area contributed by atoms with Gasteiger partial charge in [-0.1, -0.05) is 35.0 Å². The molecular formula is C30H28ClN7O7. The lowest BCUT2D eigenvalue weighted by atomic mass is 9.86. The second-order valence-corrected chi connectivity index (χ2v) is 10.8. The number of phenolic OH excluding ortho intramolecular Hbond substituents is 1. The quantitative estimate of drug-likeness (QED) is 0.186. The zero-order chi connectivity index (χ0) is 31.7. The molecule has 0 radical (unpaired) electrons. The van der Waals surface area contributed by atoms with Gasteiger partial charge in [0.2, 0.25) is 5.88 Å². The van der Waals surface area contributed by atoms with Crippen molar-refractivity contribution in [1.29, 1.82) is 0 Å². The monoisotopic (exact) mass is 633 g/mol. The molecule has 2 atom stereocenters. The number of fused-ring (bicyclic) bond motifs is 1. The molecule has 45 heavy (non-hydrogen) atoms. The molecule has 0 bridgehead atoms. The lowest BCUT2D eigenvalue weighted by molar-refractivity contribution is -0.157. The number of benzene rings is 2. The first-order valence-electron chi connectivity index (χ1n) is 13.8. The normalized spacial score (nSPS) is 16.5. The summed E-state index contributed by atoms with van der Waals surface area (Å²) in [4.78, 5) is 32.5. The number of pyridine rings is 1. The fourth-order valence-corrected chi connectivity index (χ4v) is 5.38. The standard InChI is InChI=1S/C30H28ClN7O7/c1-43-25-13-21(20(31)15-33-25)38-9-8-24(35-38)37-10-11-44-26(29(37)41)30(42,16-34-28(40)18-4-2-3-5-22(18)39)14-17-6-7-19-23(12-17)45-36-27(19)32/h2-9,12-13,15,26,39,42H,10-11,14,16H2,1H3,(H2,32,36)(H,34,40)/t26-,30?/m0/s1. The number of ether oxygens (including phenoxy) is 2. The number of morpholine rings is 1. The molecule has 1 aliphatic heterocycles. The Morgan fingerprint density at radius 3 is 2.87 bits per heavy atom. The van der Waals surface area contributed by atoms with Crippen LogP contribution in [-0.4, -0.2) is 80.5 Å². The molecule has 5 N–H and O–H groups in total. The topological polar surface area (TPSA) is 191 Å². The van der Waals surface area contributed by atoms with Gasteiger partial charge in [0.15, 0.2) is 23.3 Å².